The summed E-state index contributed by atoms with van der Waals surface area (Å²) in [5.74, 6) is 0.505. The van der Waals surface area contributed by atoms with Crippen molar-refractivity contribution in [2.75, 3.05) is 45.8 Å². The van der Waals surface area contributed by atoms with Gasteiger partial charge < -0.3 is 10.2 Å². The maximum atomic E-state index is 12.9. The average Bonchev–Trinajstić information content (AvgIpc) is 2.57. The third kappa shape index (κ3) is 4.90. The Hall–Kier alpha value is -1.17. The number of hydrogen-bond donors (Lipinski definition) is 1. The van der Waals surface area contributed by atoms with Crippen molar-refractivity contribution in [2.24, 2.45) is 5.92 Å². The number of hydrogen-bond acceptors (Lipinski definition) is 3. The molecule has 6 heteroatoms. The van der Waals surface area contributed by atoms with E-state index in [1.807, 2.05) is 4.90 Å². The molecule has 1 amide bonds. The minimum absolute atomic E-state index is 0. The van der Waals surface area contributed by atoms with Crippen molar-refractivity contribution in [3.05, 3.63) is 35.6 Å². The molecule has 0 aromatic heterocycles. The molecule has 0 saturated carbocycles. The fraction of sp³-hybridized carbons (Fsp3) is 0.588. The van der Waals surface area contributed by atoms with Crippen LogP contribution < -0.4 is 5.32 Å². The Morgan fingerprint density at radius 3 is 2.30 bits per heavy atom. The molecule has 23 heavy (non-hydrogen) atoms. The van der Waals surface area contributed by atoms with Crippen molar-refractivity contribution in [1.29, 1.82) is 0 Å². The molecule has 1 N–H and O–H groups in total. The number of benzene rings is 1. The van der Waals surface area contributed by atoms with Gasteiger partial charge in [0.1, 0.15) is 5.82 Å². The van der Waals surface area contributed by atoms with Crippen LogP contribution in [0.15, 0.2) is 24.3 Å². The van der Waals surface area contributed by atoms with Gasteiger partial charge in [-0.3, -0.25) is 9.69 Å². The van der Waals surface area contributed by atoms with E-state index in [0.717, 1.165) is 51.7 Å². The van der Waals surface area contributed by atoms with E-state index in [-0.39, 0.29) is 24.1 Å². The zero-order valence-electron chi connectivity index (χ0n) is 13.3. The first kappa shape index (κ1) is 18.2. The van der Waals surface area contributed by atoms with Crippen LogP contribution in [-0.4, -0.2) is 61.5 Å². The molecule has 0 bridgehead atoms. The lowest BCUT2D eigenvalue weighted by Crippen LogP contribution is -2.50. The first-order valence-electron chi connectivity index (χ1n) is 8.20. The maximum Gasteiger partial charge on any atom is 0.253 e. The third-order valence-electron chi connectivity index (χ3n) is 4.73. The second kappa shape index (κ2) is 8.62. The summed E-state index contributed by atoms with van der Waals surface area (Å²) in [6.07, 6.45) is 2.52. The van der Waals surface area contributed by atoms with E-state index in [1.165, 1.54) is 25.0 Å². The number of halogens is 2. The van der Waals surface area contributed by atoms with Crippen molar-refractivity contribution in [3.63, 3.8) is 0 Å². The molecule has 2 aliphatic rings. The zero-order valence-corrected chi connectivity index (χ0v) is 14.2. The Morgan fingerprint density at radius 2 is 1.70 bits per heavy atom. The van der Waals surface area contributed by atoms with E-state index in [4.69, 9.17) is 0 Å². The van der Waals surface area contributed by atoms with Gasteiger partial charge in [0.15, 0.2) is 0 Å². The normalized spacial score (nSPS) is 20.1. The summed E-state index contributed by atoms with van der Waals surface area (Å²) < 4.78 is 12.9. The lowest BCUT2D eigenvalue weighted by atomic mass is 9.97. The van der Waals surface area contributed by atoms with Gasteiger partial charge in [-0.1, -0.05) is 0 Å². The highest BCUT2D eigenvalue weighted by atomic mass is 35.5. The molecule has 0 radical (unpaired) electrons. The van der Waals surface area contributed by atoms with Crippen LogP contribution in [0.1, 0.15) is 23.2 Å². The summed E-state index contributed by atoms with van der Waals surface area (Å²) in [5.41, 5.74) is 0.577. The molecule has 2 heterocycles. The summed E-state index contributed by atoms with van der Waals surface area (Å²) in [6.45, 7) is 6.83. The summed E-state index contributed by atoms with van der Waals surface area (Å²) in [7, 11) is 0. The van der Waals surface area contributed by atoms with E-state index in [0.29, 0.717) is 5.56 Å². The highest BCUT2D eigenvalue weighted by Gasteiger charge is 2.24. The molecule has 2 aliphatic heterocycles. The van der Waals surface area contributed by atoms with Crippen LogP contribution in [0.3, 0.4) is 0 Å². The van der Waals surface area contributed by atoms with Crippen molar-refractivity contribution < 1.29 is 9.18 Å². The van der Waals surface area contributed by atoms with Gasteiger partial charge in [-0.15, -0.1) is 12.4 Å². The quantitative estimate of drug-likeness (QED) is 0.913. The van der Waals surface area contributed by atoms with E-state index >= 15 is 0 Å². The molecule has 4 nitrogen and oxygen atoms in total. The maximum absolute atomic E-state index is 12.9. The number of piperidine rings is 1. The molecule has 128 valence electrons. The lowest BCUT2D eigenvalue weighted by molar-refractivity contribution is 0.0608. The standard InChI is InChI=1S/C17H24FN3O.ClH/c18-16-3-1-15(2-4-16)17(22)21-11-9-20(10-12-21)13-14-5-7-19-8-6-14;/h1-4,14,19H,5-13H2;1H. The first-order valence-corrected chi connectivity index (χ1v) is 8.20. The van der Waals surface area contributed by atoms with E-state index in [2.05, 4.69) is 10.2 Å². The molecule has 2 fully saturated rings. The molecule has 0 atom stereocenters. The van der Waals surface area contributed by atoms with Gasteiger partial charge in [-0.25, -0.2) is 4.39 Å². The van der Waals surface area contributed by atoms with Crippen LogP contribution in [0.2, 0.25) is 0 Å². The molecule has 0 aliphatic carbocycles. The summed E-state index contributed by atoms with van der Waals surface area (Å²) in [4.78, 5) is 16.7. The Bertz CT molecular complexity index is 497. The molecular formula is C17H25ClFN3O. The Balaban J connectivity index is 0.00000192. The molecule has 1 aromatic carbocycles. The fourth-order valence-corrected chi connectivity index (χ4v) is 3.34. The number of nitrogens with one attached hydrogen (secondary N) is 1. The Labute approximate surface area is 143 Å². The van der Waals surface area contributed by atoms with Gasteiger partial charge in [0, 0.05) is 38.3 Å². The number of piperazine rings is 1. The summed E-state index contributed by atoms with van der Waals surface area (Å²) in [5, 5.41) is 3.40. The van der Waals surface area contributed by atoms with Crippen LogP contribution in [0, 0.1) is 11.7 Å². The van der Waals surface area contributed by atoms with Gasteiger partial charge >= 0.3 is 0 Å². The molecule has 0 spiro atoms. The van der Waals surface area contributed by atoms with E-state index in [1.54, 1.807) is 12.1 Å². The number of rotatable bonds is 3. The Kier molecular flexibility index (Phi) is 6.81. The van der Waals surface area contributed by atoms with Gasteiger partial charge in [0.25, 0.3) is 5.91 Å². The molecular weight excluding hydrogens is 317 g/mol. The number of carbonyl (C=O) groups excluding carboxylic acids is 1. The van der Waals surface area contributed by atoms with Crippen LogP contribution in [0.5, 0.6) is 0 Å². The smallest absolute Gasteiger partial charge is 0.253 e. The van der Waals surface area contributed by atoms with Gasteiger partial charge in [0.05, 0.1) is 0 Å². The zero-order chi connectivity index (χ0) is 15.4. The van der Waals surface area contributed by atoms with Crippen LogP contribution in [0.25, 0.3) is 0 Å². The van der Waals surface area contributed by atoms with Gasteiger partial charge in [0.2, 0.25) is 0 Å². The number of amides is 1. The monoisotopic (exact) mass is 341 g/mol. The van der Waals surface area contributed by atoms with Crippen LogP contribution in [-0.2, 0) is 0 Å². The van der Waals surface area contributed by atoms with Crippen LogP contribution in [0.4, 0.5) is 4.39 Å². The van der Waals surface area contributed by atoms with Crippen molar-refractivity contribution in [1.82, 2.24) is 15.1 Å². The average molecular weight is 342 g/mol. The molecule has 2 saturated heterocycles. The topological polar surface area (TPSA) is 35.6 Å². The predicted molar refractivity (Wildman–Crippen MR) is 91.6 cm³/mol. The highest BCUT2D eigenvalue weighted by Crippen LogP contribution is 2.16. The SMILES string of the molecule is Cl.O=C(c1ccc(F)cc1)N1CCN(CC2CCNCC2)CC1. The van der Waals surface area contributed by atoms with Gasteiger partial charge in [-0.2, -0.15) is 0 Å². The molecule has 3 rings (SSSR count). The second-order valence-electron chi connectivity index (χ2n) is 6.29. The molecule has 0 unspecified atom stereocenters. The van der Waals surface area contributed by atoms with Crippen LogP contribution >= 0.6 is 12.4 Å². The summed E-state index contributed by atoms with van der Waals surface area (Å²) >= 11 is 0. The van der Waals surface area contributed by atoms with Crippen molar-refractivity contribution >= 4 is 18.3 Å². The molecule has 1 aromatic rings. The van der Waals surface area contributed by atoms with Crippen molar-refractivity contribution in [2.45, 2.75) is 12.8 Å². The number of carbonyl (C=O) groups is 1. The van der Waals surface area contributed by atoms with E-state index in [9.17, 15) is 9.18 Å². The highest BCUT2D eigenvalue weighted by molar-refractivity contribution is 5.94. The second-order valence-corrected chi connectivity index (χ2v) is 6.29. The van der Waals surface area contributed by atoms with Crippen molar-refractivity contribution in [3.8, 4) is 0 Å². The minimum Gasteiger partial charge on any atom is -0.336 e. The Morgan fingerprint density at radius 1 is 1.09 bits per heavy atom. The van der Waals surface area contributed by atoms with E-state index < -0.39 is 0 Å². The predicted octanol–water partition coefficient (Wildman–Crippen LogP) is 2.00. The fourth-order valence-electron chi connectivity index (χ4n) is 3.34. The third-order valence-corrected chi connectivity index (χ3v) is 4.73. The lowest BCUT2D eigenvalue weighted by Gasteiger charge is -2.37. The van der Waals surface area contributed by atoms with Gasteiger partial charge in [-0.05, 0) is 56.1 Å². The minimum atomic E-state index is -0.302. The first-order chi connectivity index (χ1) is 10.7. The number of nitrogens with zero attached hydrogens (tertiary/aromatic N) is 2. The summed E-state index contributed by atoms with van der Waals surface area (Å²) in [6, 6.07) is 5.83. The largest absolute Gasteiger partial charge is 0.336 e.